The van der Waals surface area contributed by atoms with Gasteiger partial charge in [-0.25, -0.2) is 0 Å². The van der Waals surface area contributed by atoms with Gasteiger partial charge >= 0.3 is 0 Å². The van der Waals surface area contributed by atoms with Crippen LogP contribution in [-0.2, 0) is 0 Å². The number of H-pyrrole nitrogens is 1. The number of fused-ring (bicyclic) bond motifs is 3. The molecule has 1 aromatic heterocycles. The number of aromatic nitrogens is 1. The predicted molar refractivity (Wildman–Crippen MR) is 82.3 cm³/mol. The first kappa shape index (κ1) is 11.1. The second-order valence-corrected chi connectivity index (χ2v) is 4.76. The average molecular weight is 259 g/mol. The molecule has 0 atom stereocenters. The Balaban J connectivity index is 1.91. The number of para-hydroxylation sites is 3. The van der Waals surface area contributed by atoms with Crippen LogP contribution in [0, 0.1) is 0 Å². The zero-order valence-corrected chi connectivity index (χ0v) is 10.8. The van der Waals surface area contributed by atoms with Crippen LogP contribution in [0.1, 0.15) is 0 Å². The van der Waals surface area contributed by atoms with Crippen LogP contribution < -0.4 is 4.74 Å². The fourth-order valence-corrected chi connectivity index (χ4v) is 2.55. The Kier molecular flexibility index (Phi) is 2.46. The number of hydrogen-bond donors (Lipinski definition) is 1. The van der Waals surface area contributed by atoms with Gasteiger partial charge in [0, 0.05) is 16.3 Å². The highest BCUT2D eigenvalue weighted by atomic mass is 16.5. The van der Waals surface area contributed by atoms with Gasteiger partial charge in [-0.15, -0.1) is 0 Å². The van der Waals surface area contributed by atoms with Crippen LogP contribution in [0.2, 0.25) is 0 Å². The van der Waals surface area contributed by atoms with Crippen molar-refractivity contribution in [3.8, 4) is 11.5 Å². The molecule has 96 valence electrons. The lowest BCUT2D eigenvalue weighted by Gasteiger charge is -2.06. The molecule has 4 aromatic rings. The van der Waals surface area contributed by atoms with Crippen molar-refractivity contribution in [3.63, 3.8) is 0 Å². The lowest BCUT2D eigenvalue weighted by molar-refractivity contribution is 0.487. The molecule has 0 amide bonds. The molecular formula is C18H13NO. The molecule has 20 heavy (non-hydrogen) atoms. The van der Waals surface area contributed by atoms with Crippen molar-refractivity contribution in [2.75, 3.05) is 0 Å². The number of nitrogens with one attached hydrogen (secondary N) is 1. The van der Waals surface area contributed by atoms with E-state index >= 15 is 0 Å². The highest BCUT2D eigenvalue weighted by Crippen LogP contribution is 2.33. The SMILES string of the molecule is c1ccc(Oc2cccc3c2[nH]c2ccccc23)cc1. The van der Waals surface area contributed by atoms with E-state index in [0.29, 0.717) is 0 Å². The molecule has 1 N–H and O–H groups in total. The first-order valence-electron chi connectivity index (χ1n) is 6.64. The van der Waals surface area contributed by atoms with Gasteiger partial charge in [0.1, 0.15) is 5.75 Å². The van der Waals surface area contributed by atoms with Crippen LogP contribution in [0.25, 0.3) is 21.8 Å². The molecule has 0 saturated carbocycles. The number of hydrogen-bond acceptors (Lipinski definition) is 1. The summed E-state index contributed by atoms with van der Waals surface area (Å²) in [7, 11) is 0. The van der Waals surface area contributed by atoms with Crippen LogP contribution in [0.4, 0.5) is 0 Å². The van der Waals surface area contributed by atoms with E-state index in [-0.39, 0.29) is 0 Å². The van der Waals surface area contributed by atoms with E-state index in [9.17, 15) is 0 Å². The molecule has 0 fully saturated rings. The lowest BCUT2D eigenvalue weighted by Crippen LogP contribution is -1.84. The van der Waals surface area contributed by atoms with Gasteiger partial charge in [0.05, 0.1) is 5.52 Å². The van der Waals surface area contributed by atoms with E-state index in [2.05, 4.69) is 29.2 Å². The monoisotopic (exact) mass is 259 g/mol. The predicted octanol–water partition coefficient (Wildman–Crippen LogP) is 5.11. The highest BCUT2D eigenvalue weighted by molar-refractivity contribution is 6.09. The third-order valence-corrected chi connectivity index (χ3v) is 3.47. The van der Waals surface area contributed by atoms with Crippen molar-refractivity contribution in [1.82, 2.24) is 4.98 Å². The minimum atomic E-state index is 0.846. The van der Waals surface area contributed by atoms with E-state index in [1.54, 1.807) is 0 Å². The van der Waals surface area contributed by atoms with Crippen molar-refractivity contribution < 1.29 is 4.74 Å². The average Bonchev–Trinajstić information content (AvgIpc) is 2.88. The largest absolute Gasteiger partial charge is 0.455 e. The number of aromatic amines is 1. The van der Waals surface area contributed by atoms with E-state index < -0.39 is 0 Å². The minimum absolute atomic E-state index is 0.846. The molecule has 3 aromatic carbocycles. The van der Waals surface area contributed by atoms with Crippen molar-refractivity contribution >= 4 is 21.8 Å². The normalized spacial score (nSPS) is 11.0. The summed E-state index contributed by atoms with van der Waals surface area (Å²) < 4.78 is 5.99. The first-order chi connectivity index (χ1) is 9.92. The molecule has 1 heterocycles. The maximum atomic E-state index is 5.99. The van der Waals surface area contributed by atoms with Gasteiger partial charge in [0.15, 0.2) is 5.75 Å². The minimum Gasteiger partial charge on any atom is -0.455 e. The summed E-state index contributed by atoms with van der Waals surface area (Å²) in [5, 5.41) is 2.41. The Bertz CT molecular complexity index is 878. The van der Waals surface area contributed by atoms with E-state index in [0.717, 1.165) is 22.5 Å². The fourth-order valence-electron chi connectivity index (χ4n) is 2.55. The third-order valence-electron chi connectivity index (χ3n) is 3.47. The molecule has 0 bridgehead atoms. The van der Waals surface area contributed by atoms with Crippen molar-refractivity contribution in [2.45, 2.75) is 0 Å². The highest BCUT2D eigenvalue weighted by Gasteiger charge is 2.08. The van der Waals surface area contributed by atoms with Crippen LogP contribution in [0.3, 0.4) is 0 Å². The van der Waals surface area contributed by atoms with Crippen LogP contribution in [0.15, 0.2) is 72.8 Å². The van der Waals surface area contributed by atoms with E-state index in [1.165, 1.54) is 10.8 Å². The zero-order valence-electron chi connectivity index (χ0n) is 10.8. The number of rotatable bonds is 2. The van der Waals surface area contributed by atoms with Crippen LogP contribution in [0.5, 0.6) is 11.5 Å². The third kappa shape index (κ3) is 1.74. The standard InChI is InChI=1S/C18H13NO/c1-2-7-13(8-3-1)20-17-12-6-10-15-14-9-4-5-11-16(14)19-18(15)17/h1-12,19H. The maximum Gasteiger partial charge on any atom is 0.151 e. The number of benzene rings is 3. The van der Waals surface area contributed by atoms with Gasteiger partial charge in [0.2, 0.25) is 0 Å². The summed E-state index contributed by atoms with van der Waals surface area (Å²) in [5.74, 6) is 1.70. The van der Waals surface area contributed by atoms with Gasteiger partial charge in [0.25, 0.3) is 0 Å². The summed E-state index contributed by atoms with van der Waals surface area (Å²) in [6.07, 6.45) is 0. The smallest absolute Gasteiger partial charge is 0.151 e. The maximum absolute atomic E-state index is 5.99. The molecule has 0 radical (unpaired) electrons. The summed E-state index contributed by atoms with van der Waals surface area (Å²) in [5.41, 5.74) is 2.17. The second kappa shape index (κ2) is 4.42. The van der Waals surface area contributed by atoms with Crippen molar-refractivity contribution in [1.29, 1.82) is 0 Å². The van der Waals surface area contributed by atoms with Gasteiger partial charge in [-0.3, -0.25) is 0 Å². The Morgan fingerprint density at radius 1 is 0.650 bits per heavy atom. The Morgan fingerprint density at radius 3 is 2.30 bits per heavy atom. The summed E-state index contributed by atoms with van der Waals surface area (Å²) in [4.78, 5) is 3.44. The van der Waals surface area contributed by atoms with Gasteiger partial charge in [-0.1, -0.05) is 48.5 Å². The van der Waals surface area contributed by atoms with Gasteiger partial charge in [-0.2, -0.15) is 0 Å². The molecule has 2 heteroatoms. The fraction of sp³-hybridized carbons (Fsp3) is 0. The molecule has 0 aliphatic heterocycles. The van der Waals surface area contributed by atoms with Crippen LogP contribution >= 0.6 is 0 Å². The molecule has 0 saturated heterocycles. The molecule has 4 rings (SSSR count). The summed E-state index contributed by atoms with van der Waals surface area (Å²) >= 11 is 0. The molecule has 0 aliphatic rings. The molecule has 0 unspecified atom stereocenters. The second-order valence-electron chi connectivity index (χ2n) is 4.76. The van der Waals surface area contributed by atoms with E-state index in [4.69, 9.17) is 4.74 Å². The topological polar surface area (TPSA) is 25.0 Å². The summed E-state index contributed by atoms with van der Waals surface area (Å²) in [6, 6.07) is 24.3. The Labute approximate surface area is 116 Å². The zero-order chi connectivity index (χ0) is 13.4. The molecule has 2 nitrogen and oxygen atoms in total. The first-order valence-corrected chi connectivity index (χ1v) is 6.64. The Morgan fingerprint density at radius 2 is 1.40 bits per heavy atom. The molecule has 0 spiro atoms. The molecule has 0 aliphatic carbocycles. The lowest BCUT2D eigenvalue weighted by atomic mass is 10.1. The molecular weight excluding hydrogens is 246 g/mol. The van der Waals surface area contributed by atoms with Crippen LogP contribution in [-0.4, -0.2) is 4.98 Å². The Hall–Kier alpha value is -2.74. The van der Waals surface area contributed by atoms with Crippen molar-refractivity contribution in [3.05, 3.63) is 72.8 Å². The quantitative estimate of drug-likeness (QED) is 0.531. The van der Waals surface area contributed by atoms with Crippen molar-refractivity contribution in [2.24, 2.45) is 0 Å². The number of ether oxygens (including phenoxy) is 1. The van der Waals surface area contributed by atoms with E-state index in [1.807, 2.05) is 48.5 Å². The summed E-state index contributed by atoms with van der Waals surface area (Å²) in [6.45, 7) is 0. The van der Waals surface area contributed by atoms with Gasteiger partial charge < -0.3 is 9.72 Å². The van der Waals surface area contributed by atoms with Gasteiger partial charge in [-0.05, 0) is 24.3 Å².